The molecule has 208 valence electrons. The van der Waals surface area contributed by atoms with Gasteiger partial charge in [0.05, 0.1) is 0 Å². The predicted molar refractivity (Wildman–Crippen MR) is 130 cm³/mol. The van der Waals surface area contributed by atoms with E-state index in [0.717, 1.165) is 5.56 Å². The molecule has 12 nitrogen and oxygen atoms in total. The van der Waals surface area contributed by atoms with Crippen molar-refractivity contribution in [3.05, 3.63) is 35.9 Å². The lowest BCUT2D eigenvalue weighted by Gasteiger charge is -2.38. The third-order valence-corrected chi connectivity index (χ3v) is 5.59. The number of amides is 2. The number of carbonyl (C=O) groups excluding carboxylic acids is 3. The maximum Gasteiger partial charge on any atom is 0.408 e. The normalized spacial score (nSPS) is 25.6. The van der Waals surface area contributed by atoms with E-state index in [9.17, 15) is 34.8 Å². The van der Waals surface area contributed by atoms with Crippen molar-refractivity contribution in [2.45, 2.75) is 89.4 Å². The van der Waals surface area contributed by atoms with Crippen molar-refractivity contribution in [2.75, 3.05) is 6.61 Å². The number of aliphatic hydroxyl groups excluding tert-OH is 4. The first-order valence-corrected chi connectivity index (χ1v) is 12.1. The molecular formula is C25H38N2O10. The highest BCUT2D eigenvalue weighted by Crippen LogP contribution is 2.20. The molecule has 1 saturated heterocycles. The highest BCUT2D eigenvalue weighted by atomic mass is 16.7. The maximum atomic E-state index is 13.2. The molecule has 1 unspecified atom stereocenters. The smallest absolute Gasteiger partial charge is 0.408 e. The zero-order valence-electron chi connectivity index (χ0n) is 21.7. The lowest BCUT2D eigenvalue weighted by Crippen LogP contribution is -2.59. The van der Waals surface area contributed by atoms with Crippen LogP contribution in [0.2, 0.25) is 0 Å². The van der Waals surface area contributed by atoms with Gasteiger partial charge in [-0.2, -0.15) is 0 Å². The van der Waals surface area contributed by atoms with Crippen LogP contribution >= 0.6 is 0 Å². The predicted octanol–water partition coefficient (Wildman–Crippen LogP) is -0.394. The monoisotopic (exact) mass is 526 g/mol. The molecule has 12 heteroatoms. The van der Waals surface area contributed by atoms with Crippen LogP contribution in [0.15, 0.2) is 30.3 Å². The van der Waals surface area contributed by atoms with E-state index in [0.29, 0.717) is 0 Å². The first-order valence-electron chi connectivity index (χ1n) is 12.1. The fraction of sp³-hybridized carbons (Fsp3) is 0.640. The number of carbonyl (C=O) groups is 3. The number of nitrogens with one attached hydrogen (secondary N) is 2. The molecule has 7 atom stereocenters. The zero-order valence-corrected chi connectivity index (χ0v) is 21.7. The molecule has 0 radical (unpaired) electrons. The van der Waals surface area contributed by atoms with Gasteiger partial charge in [-0.05, 0) is 32.3 Å². The first-order chi connectivity index (χ1) is 17.2. The van der Waals surface area contributed by atoms with Gasteiger partial charge in [-0.1, -0.05) is 44.2 Å². The van der Waals surface area contributed by atoms with E-state index in [1.807, 2.05) is 6.07 Å². The second-order valence-corrected chi connectivity index (χ2v) is 10.3. The fourth-order valence-corrected chi connectivity index (χ4v) is 3.58. The van der Waals surface area contributed by atoms with Crippen LogP contribution in [0.1, 0.15) is 40.2 Å². The number of hydrogen-bond acceptors (Lipinski definition) is 10. The topological polar surface area (TPSA) is 184 Å². The summed E-state index contributed by atoms with van der Waals surface area (Å²) in [5, 5.41) is 44.2. The van der Waals surface area contributed by atoms with Gasteiger partial charge >= 0.3 is 12.1 Å². The Morgan fingerprint density at radius 2 is 1.59 bits per heavy atom. The lowest BCUT2D eigenvalue weighted by molar-refractivity contribution is -0.287. The van der Waals surface area contributed by atoms with Gasteiger partial charge in [0.25, 0.3) is 0 Å². The van der Waals surface area contributed by atoms with Crippen LogP contribution < -0.4 is 10.6 Å². The Balaban J connectivity index is 2.09. The summed E-state index contributed by atoms with van der Waals surface area (Å²) in [4.78, 5) is 38.4. The average molecular weight is 527 g/mol. The summed E-state index contributed by atoms with van der Waals surface area (Å²) in [6, 6.07) is 6.78. The number of esters is 1. The van der Waals surface area contributed by atoms with E-state index < -0.39 is 78.9 Å². The van der Waals surface area contributed by atoms with Crippen molar-refractivity contribution in [1.82, 2.24) is 10.6 Å². The SMILES string of the molecule is CC(C)[C@H](NC(=O)[C@H](Cc1ccccc1)NC(=O)OC(C)(C)C)C(=O)OC[C@H]1OC(O)[C@H](O)[C@@H](O)[C@@H]1O. The first kappa shape index (κ1) is 30.5. The van der Waals surface area contributed by atoms with Crippen LogP contribution in [0.4, 0.5) is 4.79 Å². The fourth-order valence-electron chi connectivity index (χ4n) is 3.58. The van der Waals surface area contributed by atoms with E-state index in [2.05, 4.69) is 10.6 Å². The number of ether oxygens (including phenoxy) is 3. The molecular weight excluding hydrogens is 488 g/mol. The third kappa shape index (κ3) is 9.24. The Hall–Kier alpha value is -2.77. The molecule has 0 aliphatic carbocycles. The van der Waals surface area contributed by atoms with Crippen LogP contribution in [0, 0.1) is 5.92 Å². The van der Waals surface area contributed by atoms with Gasteiger partial charge in [0.1, 0.15) is 48.7 Å². The van der Waals surface area contributed by atoms with E-state index in [-0.39, 0.29) is 6.42 Å². The van der Waals surface area contributed by atoms with Crippen LogP contribution in [0.5, 0.6) is 0 Å². The Morgan fingerprint density at radius 1 is 0.973 bits per heavy atom. The maximum absolute atomic E-state index is 13.2. The number of aliphatic hydroxyl groups is 4. The van der Waals surface area contributed by atoms with Gasteiger partial charge in [0.2, 0.25) is 5.91 Å². The molecule has 0 bridgehead atoms. The largest absolute Gasteiger partial charge is 0.461 e. The van der Waals surface area contributed by atoms with Gasteiger partial charge in [0, 0.05) is 6.42 Å². The van der Waals surface area contributed by atoms with Gasteiger partial charge in [0.15, 0.2) is 6.29 Å². The summed E-state index contributed by atoms with van der Waals surface area (Å²) in [6.07, 6.45) is -8.79. The quantitative estimate of drug-likeness (QED) is 0.232. The molecule has 1 aromatic carbocycles. The molecule has 1 aromatic rings. The minimum absolute atomic E-state index is 0.131. The van der Waals surface area contributed by atoms with E-state index in [1.54, 1.807) is 58.9 Å². The summed E-state index contributed by atoms with van der Waals surface area (Å²) >= 11 is 0. The van der Waals surface area contributed by atoms with E-state index in [1.165, 1.54) is 0 Å². The summed E-state index contributed by atoms with van der Waals surface area (Å²) in [7, 11) is 0. The molecule has 2 amide bonds. The molecule has 2 rings (SSSR count). The molecule has 0 aromatic heterocycles. The Bertz CT molecular complexity index is 904. The summed E-state index contributed by atoms with van der Waals surface area (Å²) in [5.41, 5.74) is -0.0180. The van der Waals surface area contributed by atoms with Crippen molar-refractivity contribution in [1.29, 1.82) is 0 Å². The highest BCUT2D eigenvalue weighted by Gasteiger charge is 2.44. The minimum Gasteiger partial charge on any atom is -0.461 e. The molecule has 37 heavy (non-hydrogen) atoms. The molecule has 1 fully saturated rings. The van der Waals surface area contributed by atoms with Gasteiger partial charge < -0.3 is 45.3 Å². The van der Waals surface area contributed by atoms with Crippen LogP contribution in [0.3, 0.4) is 0 Å². The van der Waals surface area contributed by atoms with Crippen molar-refractivity contribution >= 4 is 18.0 Å². The molecule has 6 N–H and O–H groups in total. The number of hydrogen-bond donors (Lipinski definition) is 6. The van der Waals surface area contributed by atoms with Crippen LogP contribution in [-0.2, 0) is 30.2 Å². The molecule has 0 saturated carbocycles. The summed E-state index contributed by atoms with van der Waals surface area (Å²) < 4.78 is 15.5. The van der Waals surface area contributed by atoms with Gasteiger partial charge in [-0.3, -0.25) is 4.79 Å². The summed E-state index contributed by atoms with van der Waals surface area (Å²) in [5.74, 6) is -1.93. The van der Waals surface area contributed by atoms with E-state index >= 15 is 0 Å². The zero-order chi connectivity index (χ0) is 27.9. The van der Waals surface area contributed by atoms with Gasteiger partial charge in [-0.15, -0.1) is 0 Å². The Morgan fingerprint density at radius 3 is 2.16 bits per heavy atom. The Labute approximate surface area is 215 Å². The second kappa shape index (κ2) is 13.2. The number of alkyl carbamates (subject to hydrolysis) is 1. The molecule has 1 aliphatic heterocycles. The van der Waals surface area contributed by atoms with Gasteiger partial charge in [-0.25, -0.2) is 9.59 Å². The highest BCUT2D eigenvalue weighted by molar-refractivity contribution is 5.90. The average Bonchev–Trinajstić information content (AvgIpc) is 2.81. The van der Waals surface area contributed by atoms with Crippen molar-refractivity contribution in [2.24, 2.45) is 5.92 Å². The van der Waals surface area contributed by atoms with Crippen molar-refractivity contribution in [3.63, 3.8) is 0 Å². The number of benzene rings is 1. The minimum atomic E-state index is -1.78. The lowest BCUT2D eigenvalue weighted by atomic mass is 9.99. The van der Waals surface area contributed by atoms with Crippen molar-refractivity contribution < 1.29 is 49.0 Å². The Kier molecular flexibility index (Phi) is 10.8. The van der Waals surface area contributed by atoms with Crippen LogP contribution in [0.25, 0.3) is 0 Å². The number of rotatable bonds is 9. The second-order valence-electron chi connectivity index (χ2n) is 10.3. The molecule has 0 spiro atoms. The van der Waals surface area contributed by atoms with Crippen LogP contribution in [-0.4, -0.2) is 93.4 Å². The third-order valence-electron chi connectivity index (χ3n) is 5.59. The standard InChI is InChI=1S/C25H38N2O10/c1-13(2)17(22(32)35-12-16-18(28)19(29)20(30)23(33)36-16)27-21(31)15(11-14-9-7-6-8-10-14)26-24(34)37-25(3,4)5/h6-10,13,15-20,23,28-30,33H,11-12H2,1-5H3,(H,26,34)(H,27,31)/t15-,16+,17-,18+,19-,20+,23?/m0/s1. The molecule has 1 aliphatic rings. The molecule has 1 heterocycles. The van der Waals surface area contributed by atoms with E-state index in [4.69, 9.17) is 14.2 Å². The van der Waals surface area contributed by atoms with Crippen molar-refractivity contribution in [3.8, 4) is 0 Å². The summed E-state index contributed by atoms with van der Waals surface area (Å²) in [6.45, 7) is 7.87.